The van der Waals surface area contributed by atoms with Gasteiger partial charge in [0.05, 0.1) is 0 Å². The fourth-order valence-electron chi connectivity index (χ4n) is 4.12. The Balaban J connectivity index is 1.73. The van der Waals surface area contributed by atoms with Gasteiger partial charge in [-0.05, 0) is 38.1 Å². The summed E-state index contributed by atoms with van der Waals surface area (Å²) in [4.78, 5) is 29.3. The zero-order valence-corrected chi connectivity index (χ0v) is 13.2. The average Bonchev–Trinajstić information content (AvgIpc) is 2.86. The molecule has 0 spiro atoms. The van der Waals surface area contributed by atoms with Crippen LogP contribution < -0.4 is 5.32 Å². The number of nitrogens with zero attached hydrogens (tertiary/aromatic N) is 2. The Morgan fingerprint density at radius 2 is 1.90 bits per heavy atom. The first-order valence-corrected chi connectivity index (χ1v) is 8.40. The van der Waals surface area contributed by atoms with Crippen molar-refractivity contribution in [2.24, 2.45) is 5.92 Å². The van der Waals surface area contributed by atoms with E-state index in [0.717, 1.165) is 19.4 Å². The zero-order chi connectivity index (χ0) is 15.0. The Hall–Kier alpha value is -1.10. The van der Waals surface area contributed by atoms with Gasteiger partial charge in [-0.25, -0.2) is 0 Å². The molecule has 5 heteroatoms. The topological polar surface area (TPSA) is 52.7 Å². The molecule has 3 aliphatic rings. The third kappa shape index (κ3) is 2.93. The summed E-state index contributed by atoms with van der Waals surface area (Å²) in [6.07, 6.45) is 5.15. The highest BCUT2D eigenvalue weighted by Crippen LogP contribution is 2.30. The molecule has 21 heavy (non-hydrogen) atoms. The van der Waals surface area contributed by atoms with Crippen molar-refractivity contribution in [3.05, 3.63) is 0 Å². The van der Waals surface area contributed by atoms with Crippen LogP contribution in [0.25, 0.3) is 0 Å². The minimum Gasteiger partial charge on any atom is -0.344 e. The molecule has 3 atom stereocenters. The number of hydrogen-bond donors (Lipinski definition) is 1. The fraction of sp³-hybridized carbons (Fsp3) is 0.875. The molecule has 2 amide bonds. The van der Waals surface area contributed by atoms with Gasteiger partial charge in [-0.15, -0.1) is 0 Å². The van der Waals surface area contributed by atoms with E-state index in [2.05, 4.69) is 10.2 Å². The lowest BCUT2D eigenvalue weighted by Gasteiger charge is -2.41. The van der Waals surface area contributed by atoms with E-state index in [1.165, 1.54) is 19.4 Å². The zero-order valence-electron chi connectivity index (χ0n) is 13.2. The molecule has 3 aliphatic heterocycles. The van der Waals surface area contributed by atoms with Crippen LogP contribution >= 0.6 is 0 Å². The molecule has 118 valence electrons. The van der Waals surface area contributed by atoms with Crippen LogP contribution in [0.4, 0.5) is 0 Å². The second kappa shape index (κ2) is 5.95. The lowest BCUT2D eigenvalue weighted by Crippen LogP contribution is -2.54. The molecule has 0 aromatic rings. The van der Waals surface area contributed by atoms with Gasteiger partial charge in [0.1, 0.15) is 6.04 Å². The van der Waals surface area contributed by atoms with Crippen molar-refractivity contribution in [2.75, 3.05) is 19.6 Å². The van der Waals surface area contributed by atoms with E-state index in [1.54, 1.807) is 0 Å². The van der Waals surface area contributed by atoms with Crippen LogP contribution in [0.2, 0.25) is 0 Å². The van der Waals surface area contributed by atoms with E-state index >= 15 is 0 Å². The van der Waals surface area contributed by atoms with E-state index in [0.29, 0.717) is 25.0 Å². The van der Waals surface area contributed by atoms with E-state index in [-0.39, 0.29) is 23.8 Å². The summed E-state index contributed by atoms with van der Waals surface area (Å²) >= 11 is 0. The maximum Gasteiger partial charge on any atom is 0.245 e. The van der Waals surface area contributed by atoms with Crippen molar-refractivity contribution in [2.45, 2.75) is 64.1 Å². The number of carbonyl (C=O) groups is 2. The Morgan fingerprint density at radius 1 is 1.10 bits per heavy atom. The minimum absolute atomic E-state index is 0.0165. The van der Waals surface area contributed by atoms with Gasteiger partial charge in [0, 0.05) is 31.6 Å². The van der Waals surface area contributed by atoms with Crippen LogP contribution in [0.3, 0.4) is 0 Å². The molecule has 3 saturated heterocycles. The predicted molar refractivity (Wildman–Crippen MR) is 80.7 cm³/mol. The second-order valence-electron chi connectivity index (χ2n) is 7.08. The van der Waals surface area contributed by atoms with Crippen LogP contribution in [0.1, 0.15) is 46.0 Å². The largest absolute Gasteiger partial charge is 0.344 e. The summed E-state index contributed by atoms with van der Waals surface area (Å²) in [6, 6.07) is 0.633. The van der Waals surface area contributed by atoms with E-state index < -0.39 is 0 Å². The maximum atomic E-state index is 12.8. The van der Waals surface area contributed by atoms with Gasteiger partial charge in [0.15, 0.2) is 0 Å². The molecule has 0 bridgehead atoms. The Bertz CT molecular complexity index is 424. The normalized spacial score (nSPS) is 34.8. The molecule has 5 nitrogen and oxygen atoms in total. The van der Waals surface area contributed by atoms with Crippen LogP contribution in [-0.2, 0) is 9.59 Å². The number of fused-ring (bicyclic) bond motifs is 1. The molecule has 0 aromatic carbocycles. The highest BCUT2D eigenvalue weighted by Gasteiger charge is 2.39. The molecule has 0 saturated carbocycles. The van der Waals surface area contributed by atoms with Crippen LogP contribution in [0.15, 0.2) is 0 Å². The minimum atomic E-state index is -0.346. The predicted octanol–water partition coefficient (Wildman–Crippen LogP) is 0.986. The van der Waals surface area contributed by atoms with Gasteiger partial charge >= 0.3 is 0 Å². The third-order valence-corrected chi connectivity index (χ3v) is 5.35. The maximum absolute atomic E-state index is 12.8. The molecule has 0 aliphatic carbocycles. The Labute approximate surface area is 127 Å². The van der Waals surface area contributed by atoms with Gasteiger partial charge in [-0.1, -0.05) is 13.8 Å². The standard InChI is InChI=1S/C16H27N3O2/c1-11(2)15-16(21)19(9-6-14(20)17-15)13-5-8-18-7-3-4-12(18)10-13/h11-13,15H,3-10H2,1-2H3,(H,17,20). The van der Waals surface area contributed by atoms with E-state index in [9.17, 15) is 9.59 Å². The van der Waals surface area contributed by atoms with Crippen molar-refractivity contribution in [1.82, 2.24) is 15.1 Å². The first kappa shape index (κ1) is 14.8. The third-order valence-electron chi connectivity index (χ3n) is 5.35. The highest BCUT2D eigenvalue weighted by atomic mass is 16.2. The lowest BCUT2D eigenvalue weighted by atomic mass is 9.94. The molecular weight excluding hydrogens is 266 g/mol. The fourth-order valence-corrected chi connectivity index (χ4v) is 4.12. The van der Waals surface area contributed by atoms with Gasteiger partial charge < -0.3 is 15.1 Å². The molecule has 3 fully saturated rings. The second-order valence-corrected chi connectivity index (χ2v) is 7.08. The summed E-state index contributed by atoms with van der Waals surface area (Å²) in [5.74, 6) is 0.295. The summed E-state index contributed by atoms with van der Waals surface area (Å²) in [5.41, 5.74) is 0. The number of carbonyl (C=O) groups excluding carboxylic acids is 2. The summed E-state index contributed by atoms with van der Waals surface area (Å²) < 4.78 is 0. The number of piperidine rings is 1. The van der Waals surface area contributed by atoms with Crippen molar-refractivity contribution in [3.8, 4) is 0 Å². The SMILES string of the molecule is CC(C)C1NC(=O)CCN(C2CCN3CCCC3C2)C1=O. The van der Waals surface area contributed by atoms with Crippen molar-refractivity contribution < 1.29 is 9.59 Å². The first-order chi connectivity index (χ1) is 10.1. The summed E-state index contributed by atoms with van der Waals surface area (Å²) in [5, 5.41) is 2.90. The average molecular weight is 293 g/mol. The molecule has 3 unspecified atom stereocenters. The Morgan fingerprint density at radius 3 is 2.67 bits per heavy atom. The summed E-state index contributed by atoms with van der Waals surface area (Å²) in [6.45, 7) is 6.93. The first-order valence-electron chi connectivity index (χ1n) is 8.40. The Kier molecular flexibility index (Phi) is 4.20. The van der Waals surface area contributed by atoms with Crippen LogP contribution in [0, 0.1) is 5.92 Å². The van der Waals surface area contributed by atoms with Crippen LogP contribution in [0.5, 0.6) is 0 Å². The van der Waals surface area contributed by atoms with Gasteiger partial charge in [-0.2, -0.15) is 0 Å². The lowest BCUT2D eigenvalue weighted by molar-refractivity contribution is -0.137. The number of nitrogens with one attached hydrogen (secondary N) is 1. The molecule has 0 aromatic heterocycles. The smallest absolute Gasteiger partial charge is 0.245 e. The molecule has 3 heterocycles. The van der Waals surface area contributed by atoms with E-state index in [4.69, 9.17) is 0 Å². The molecular formula is C16H27N3O2. The highest BCUT2D eigenvalue weighted by molar-refractivity contribution is 5.90. The molecule has 0 radical (unpaired) electrons. The monoisotopic (exact) mass is 293 g/mol. The summed E-state index contributed by atoms with van der Waals surface area (Å²) in [7, 11) is 0. The molecule has 1 N–H and O–H groups in total. The number of amides is 2. The van der Waals surface area contributed by atoms with E-state index in [1.807, 2.05) is 18.7 Å². The number of rotatable bonds is 2. The van der Waals surface area contributed by atoms with Gasteiger partial charge in [0.2, 0.25) is 11.8 Å². The van der Waals surface area contributed by atoms with Crippen molar-refractivity contribution in [1.29, 1.82) is 0 Å². The molecule has 3 rings (SSSR count). The van der Waals surface area contributed by atoms with Gasteiger partial charge in [0.25, 0.3) is 0 Å². The van der Waals surface area contributed by atoms with Crippen molar-refractivity contribution >= 4 is 11.8 Å². The van der Waals surface area contributed by atoms with Crippen LogP contribution in [-0.4, -0.2) is 59.4 Å². The quantitative estimate of drug-likeness (QED) is 0.826. The van der Waals surface area contributed by atoms with Gasteiger partial charge in [-0.3, -0.25) is 9.59 Å². The number of hydrogen-bond acceptors (Lipinski definition) is 3. The van der Waals surface area contributed by atoms with Crippen molar-refractivity contribution in [3.63, 3.8) is 0 Å².